The van der Waals surface area contributed by atoms with Gasteiger partial charge in [-0.05, 0) is 18.6 Å². The molecular formula is C17H20N4O6. The Kier molecular flexibility index (Phi) is 5.79. The predicted octanol–water partition coefficient (Wildman–Crippen LogP) is -0.593. The van der Waals surface area contributed by atoms with Crippen LogP contribution in [0.5, 0.6) is 0 Å². The second kappa shape index (κ2) is 8.25. The number of anilines is 1. The van der Waals surface area contributed by atoms with Crippen LogP contribution >= 0.6 is 0 Å². The van der Waals surface area contributed by atoms with Gasteiger partial charge in [0.05, 0.1) is 36.6 Å². The third-order valence-electron chi connectivity index (χ3n) is 4.24. The molecule has 0 saturated carbocycles. The van der Waals surface area contributed by atoms with Gasteiger partial charge in [-0.1, -0.05) is 6.07 Å². The van der Waals surface area contributed by atoms with Crippen molar-refractivity contribution < 1.29 is 28.8 Å². The summed E-state index contributed by atoms with van der Waals surface area (Å²) in [4.78, 5) is 55.1. The summed E-state index contributed by atoms with van der Waals surface area (Å²) < 4.78 is 5.18. The van der Waals surface area contributed by atoms with Gasteiger partial charge in [0, 0.05) is 13.0 Å². The molecule has 1 aromatic carbocycles. The molecule has 144 valence electrons. The topological polar surface area (TPSA) is 140 Å². The van der Waals surface area contributed by atoms with Gasteiger partial charge in [0.15, 0.2) is 0 Å². The number of hydrogen-bond acceptors (Lipinski definition) is 8. The number of ether oxygens (including phenoxy) is 1. The first-order valence-corrected chi connectivity index (χ1v) is 8.54. The number of fused-ring (bicyclic) bond motifs is 1. The van der Waals surface area contributed by atoms with Crippen LogP contribution in [0.2, 0.25) is 0 Å². The van der Waals surface area contributed by atoms with Crippen molar-refractivity contribution in [2.24, 2.45) is 5.73 Å². The van der Waals surface area contributed by atoms with Crippen molar-refractivity contribution in [2.45, 2.75) is 18.9 Å². The normalized spacial score (nSPS) is 19.3. The van der Waals surface area contributed by atoms with Crippen molar-refractivity contribution in [2.75, 3.05) is 31.8 Å². The molecule has 27 heavy (non-hydrogen) atoms. The highest BCUT2D eigenvalue weighted by Gasteiger charge is 2.45. The molecule has 2 heterocycles. The molecule has 0 aliphatic carbocycles. The molecule has 1 aromatic rings. The van der Waals surface area contributed by atoms with Gasteiger partial charge < -0.3 is 10.5 Å². The number of hydrogen-bond donors (Lipinski definition) is 3. The minimum absolute atomic E-state index is 0.0703. The molecule has 3 rings (SSSR count). The number of imide groups is 2. The average Bonchev–Trinajstić information content (AvgIpc) is 2.90. The number of carbonyl (C=O) groups excluding carboxylic acids is 4. The second-order valence-corrected chi connectivity index (χ2v) is 6.03. The maximum atomic E-state index is 12.8. The fraction of sp³-hybridized carbons (Fsp3) is 0.412. The van der Waals surface area contributed by atoms with Crippen molar-refractivity contribution in [3.8, 4) is 0 Å². The van der Waals surface area contributed by atoms with Gasteiger partial charge in [-0.2, -0.15) is 0 Å². The zero-order chi connectivity index (χ0) is 19.4. The molecule has 1 atom stereocenters. The molecular weight excluding hydrogens is 356 g/mol. The van der Waals surface area contributed by atoms with Crippen LogP contribution < -0.4 is 16.5 Å². The van der Waals surface area contributed by atoms with Crippen molar-refractivity contribution in [3.63, 3.8) is 0 Å². The van der Waals surface area contributed by atoms with Crippen molar-refractivity contribution in [1.29, 1.82) is 0 Å². The molecule has 0 radical (unpaired) electrons. The number of nitrogens with two attached hydrogens (primary N) is 1. The monoisotopic (exact) mass is 376 g/mol. The molecule has 4 N–H and O–H groups in total. The van der Waals surface area contributed by atoms with Crippen LogP contribution in [0.1, 0.15) is 33.6 Å². The van der Waals surface area contributed by atoms with Crippen LogP contribution in [0, 0.1) is 0 Å². The molecule has 2 aliphatic rings. The number of benzene rings is 1. The summed E-state index contributed by atoms with van der Waals surface area (Å²) in [6.07, 6.45) is 0.175. The molecule has 0 aromatic heterocycles. The maximum absolute atomic E-state index is 12.8. The molecule has 1 unspecified atom stereocenters. The van der Waals surface area contributed by atoms with E-state index in [1.54, 1.807) is 12.1 Å². The Balaban J connectivity index is 1.72. The number of nitrogens with one attached hydrogen (secondary N) is 2. The van der Waals surface area contributed by atoms with Gasteiger partial charge in [-0.3, -0.25) is 39.7 Å². The van der Waals surface area contributed by atoms with Crippen LogP contribution in [-0.4, -0.2) is 60.9 Å². The molecule has 1 fully saturated rings. The standard InChI is InChI=1S/C17H20N4O6/c18-6-7-26-8-9-27-20-11-3-1-2-10-14(11)17(25)21(16(10)24)12-4-5-13(22)19-15(12)23/h1-3,12,20H,4-9,18H2,(H,19,22,23). The number of amides is 4. The van der Waals surface area contributed by atoms with Crippen LogP contribution in [0.25, 0.3) is 0 Å². The van der Waals surface area contributed by atoms with Gasteiger partial charge in [-0.15, -0.1) is 0 Å². The van der Waals surface area contributed by atoms with E-state index in [0.29, 0.717) is 25.4 Å². The molecule has 0 spiro atoms. The molecule has 4 amide bonds. The molecule has 1 saturated heterocycles. The molecule has 2 aliphatic heterocycles. The molecule has 10 nitrogen and oxygen atoms in total. The Morgan fingerprint density at radius 3 is 2.70 bits per heavy atom. The second-order valence-electron chi connectivity index (χ2n) is 6.03. The lowest BCUT2D eigenvalue weighted by Crippen LogP contribution is -2.54. The predicted molar refractivity (Wildman–Crippen MR) is 92.6 cm³/mol. The van der Waals surface area contributed by atoms with Gasteiger partial charge >= 0.3 is 0 Å². The maximum Gasteiger partial charge on any atom is 0.264 e. The summed E-state index contributed by atoms with van der Waals surface area (Å²) in [6, 6.07) is 3.71. The van der Waals surface area contributed by atoms with Crippen molar-refractivity contribution in [3.05, 3.63) is 29.3 Å². The highest BCUT2D eigenvalue weighted by molar-refractivity contribution is 6.25. The summed E-state index contributed by atoms with van der Waals surface area (Å²) in [7, 11) is 0. The Bertz CT molecular complexity index is 781. The summed E-state index contributed by atoms with van der Waals surface area (Å²) in [6.45, 7) is 1.35. The van der Waals surface area contributed by atoms with E-state index < -0.39 is 29.7 Å². The smallest absolute Gasteiger partial charge is 0.264 e. The van der Waals surface area contributed by atoms with Gasteiger partial charge in [0.2, 0.25) is 11.8 Å². The third-order valence-corrected chi connectivity index (χ3v) is 4.24. The number of carbonyl (C=O) groups is 4. The van der Waals surface area contributed by atoms with E-state index >= 15 is 0 Å². The zero-order valence-electron chi connectivity index (χ0n) is 14.5. The minimum Gasteiger partial charge on any atom is -0.378 e. The van der Waals surface area contributed by atoms with Crippen LogP contribution in [0.4, 0.5) is 5.69 Å². The largest absolute Gasteiger partial charge is 0.378 e. The third kappa shape index (κ3) is 3.82. The Morgan fingerprint density at radius 1 is 1.15 bits per heavy atom. The van der Waals surface area contributed by atoms with Crippen LogP contribution in [0.3, 0.4) is 0 Å². The summed E-state index contributed by atoms with van der Waals surface area (Å²) >= 11 is 0. The van der Waals surface area contributed by atoms with E-state index in [4.69, 9.17) is 15.3 Å². The zero-order valence-corrected chi connectivity index (χ0v) is 14.5. The Labute approximate surface area is 154 Å². The highest BCUT2D eigenvalue weighted by atomic mass is 16.7. The first kappa shape index (κ1) is 19.0. The fourth-order valence-corrected chi connectivity index (χ4v) is 3.01. The quantitative estimate of drug-likeness (QED) is 0.311. The average molecular weight is 376 g/mol. The first-order valence-electron chi connectivity index (χ1n) is 8.54. The first-order chi connectivity index (χ1) is 13.0. The van der Waals surface area contributed by atoms with Crippen molar-refractivity contribution >= 4 is 29.3 Å². The minimum atomic E-state index is -1.01. The Hall–Kier alpha value is -2.82. The van der Waals surface area contributed by atoms with Gasteiger partial charge in [0.1, 0.15) is 6.04 Å². The number of rotatable bonds is 8. The number of nitrogens with zero attached hydrogens (tertiary/aromatic N) is 1. The van der Waals surface area contributed by atoms with Crippen LogP contribution in [-0.2, 0) is 19.2 Å². The lowest BCUT2D eigenvalue weighted by molar-refractivity contribution is -0.136. The van der Waals surface area contributed by atoms with Gasteiger partial charge in [-0.25, -0.2) is 0 Å². The fourth-order valence-electron chi connectivity index (χ4n) is 3.01. The van der Waals surface area contributed by atoms with Gasteiger partial charge in [0.25, 0.3) is 11.8 Å². The van der Waals surface area contributed by atoms with E-state index in [1.165, 1.54) is 6.07 Å². The van der Waals surface area contributed by atoms with E-state index in [-0.39, 0.29) is 30.6 Å². The summed E-state index contributed by atoms with van der Waals surface area (Å²) in [5.74, 6) is -2.24. The highest BCUT2D eigenvalue weighted by Crippen LogP contribution is 2.32. The van der Waals surface area contributed by atoms with Crippen LogP contribution in [0.15, 0.2) is 18.2 Å². The van der Waals surface area contributed by atoms with Crippen molar-refractivity contribution in [1.82, 2.24) is 10.2 Å². The summed E-state index contributed by atoms with van der Waals surface area (Å²) in [5, 5.41) is 2.16. The SMILES string of the molecule is NCCOCCONc1cccc2c1C(=O)N(C1CCC(=O)NC1=O)C2=O. The van der Waals surface area contributed by atoms with E-state index in [2.05, 4.69) is 10.8 Å². The molecule has 10 heteroatoms. The van der Waals surface area contributed by atoms with E-state index in [1.807, 2.05) is 0 Å². The van der Waals surface area contributed by atoms with E-state index in [9.17, 15) is 19.2 Å². The lowest BCUT2D eigenvalue weighted by atomic mass is 10.0. The Morgan fingerprint density at radius 2 is 1.96 bits per heavy atom. The number of piperidine rings is 1. The lowest BCUT2D eigenvalue weighted by Gasteiger charge is -2.27. The summed E-state index contributed by atoms with van der Waals surface area (Å²) in [5.41, 5.74) is 8.59. The molecule has 0 bridgehead atoms. The van der Waals surface area contributed by atoms with E-state index in [0.717, 1.165) is 4.90 Å².